The van der Waals surface area contributed by atoms with Gasteiger partial charge in [0.1, 0.15) is 12.4 Å². The Balaban J connectivity index is 2.12. The van der Waals surface area contributed by atoms with Crippen molar-refractivity contribution in [3.8, 4) is 6.07 Å². The average molecular weight is 226 g/mol. The van der Waals surface area contributed by atoms with Gasteiger partial charge in [-0.25, -0.2) is 9.13 Å². The van der Waals surface area contributed by atoms with Crippen LogP contribution in [0.3, 0.4) is 0 Å². The predicted molar refractivity (Wildman–Crippen MR) is 61.1 cm³/mol. The van der Waals surface area contributed by atoms with Crippen LogP contribution in [0.15, 0.2) is 43.0 Å². The maximum Gasteiger partial charge on any atom is 0.243 e. The molecule has 2 aromatic rings. The molecule has 0 spiro atoms. The molecule has 0 bridgehead atoms. The normalized spacial score (nSPS) is 9.88. The van der Waals surface area contributed by atoms with Gasteiger partial charge < -0.3 is 0 Å². The Hall–Kier alpha value is -2.41. The van der Waals surface area contributed by atoms with E-state index in [9.17, 15) is 4.79 Å². The lowest BCUT2D eigenvalue weighted by Crippen LogP contribution is -2.24. The van der Waals surface area contributed by atoms with E-state index in [0.717, 1.165) is 0 Å². The molecular formula is C13H12N3O+. The molecule has 4 heteroatoms. The number of ketones is 1. The lowest BCUT2D eigenvalue weighted by Gasteiger charge is -1.98. The zero-order valence-corrected chi connectivity index (χ0v) is 9.50. The zero-order valence-electron chi connectivity index (χ0n) is 9.50. The highest BCUT2D eigenvalue weighted by molar-refractivity contribution is 5.95. The summed E-state index contributed by atoms with van der Waals surface area (Å²) in [5, 5.41) is 8.66. The van der Waals surface area contributed by atoms with Gasteiger partial charge in [0.2, 0.25) is 12.1 Å². The van der Waals surface area contributed by atoms with Crippen LogP contribution in [0.5, 0.6) is 0 Å². The van der Waals surface area contributed by atoms with Crippen molar-refractivity contribution in [1.82, 2.24) is 4.57 Å². The molecule has 1 aromatic heterocycles. The van der Waals surface area contributed by atoms with E-state index in [1.54, 1.807) is 24.3 Å². The maximum absolute atomic E-state index is 11.9. The topological polar surface area (TPSA) is 49.7 Å². The van der Waals surface area contributed by atoms with E-state index in [2.05, 4.69) is 0 Å². The summed E-state index contributed by atoms with van der Waals surface area (Å²) < 4.78 is 3.70. The largest absolute Gasteiger partial charge is 0.290 e. The molecule has 0 saturated heterocycles. The van der Waals surface area contributed by atoms with Crippen LogP contribution in [0, 0.1) is 11.3 Å². The van der Waals surface area contributed by atoms with E-state index < -0.39 is 0 Å². The second-order valence-electron chi connectivity index (χ2n) is 3.86. The molecule has 4 nitrogen and oxygen atoms in total. The molecule has 2 rings (SSSR count). The Bertz CT molecular complexity index is 575. The van der Waals surface area contributed by atoms with Crippen molar-refractivity contribution >= 4 is 5.78 Å². The minimum Gasteiger partial charge on any atom is -0.290 e. The van der Waals surface area contributed by atoms with Gasteiger partial charge in [-0.3, -0.25) is 4.79 Å². The van der Waals surface area contributed by atoms with Crippen LogP contribution in [-0.4, -0.2) is 10.4 Å². The minimum atomic E-state index is 0.0330. The molecule has 84 valence electrons. The average Bonchev–Trinajstić information content (AvgIpc) is 2.75. The molecule has 0 radical (unpaired) electrons. The summed E-state index contributed by atoms with van der Waals surface area (Å²) in [5.41, 5.74) is 1.19. The standard InChI is InChI=1S/C13H12N3O/c1-15-6-7-16(10-15)9-13(17)12-4-2-11(8-14)3-5-12/h2-7,10H,9H2,1H3/q+1. The van der Waals surface area contributed by atoms with Crippen LogP contribution in [0.25, 0.3) is 0 Å². The van der Waals surface area contributed by atoms with Gasteiger partial charge in [0.05, 0.1) is 18.7 Å². The van der Waals surface area contributed by atoms with Gasteiger partial charge in [-0.15, -0.1) is 0 Å². The van der Waals surface area contributed by atoms with Crippen molar-refractivity contribution < 1.29 is 9.36 Å². The Kier molecular flexibility index (Phi) is 3.01. The van der Waals surface area contributed by atoms with Crippen LogP contribution < -0.4 is 4.57 Å². The summed E-state index contributed by atoms with van der Waals surface area (Å²) in [6.45, 7) is 0.312. The Morgan fingerprint density at radius 3 is 2.65 bits per heavy atom. The summed E-state index contributed by atoms with van der Waals surface area (Å²) in [7, 11) is 1.91. The zero-order chi connectivity index (χ0) is 12.3. The smallest absolute Gasteiger partial charge is 0.243 e. The number of nitrogens with zero attached hydrogens (tertiary/aromatic N) is 3. The predicted octanol–water partition coefficient (Wildman–Crippen LogP) is 1.07. The molecule has 1 heterocycles. The summed E-state index contributed by atoms with van der Waals surface area (Å²) in [6.07, 6.45) is 5.58. The van der Waals surface area contributed by atoms with Crippen molar-refractivity contribution in [2.75, 3.05) is 0 Å². The minimum absolute atomic E-state index is 0.0330. The van der Waals surface area contributed by atoms with E-state index in [4.69, 9.17) is 5.26 Å². The Labute approximate surface area is 99.4 Å². The van der Waals surface area contributed by atoms with Crippen molar-refractivity contribution in [3.63, 3.8) is 0 Å². The third kappa shape index (κ3) is 2.58. The van der Waals surface area contributed by atoms with Crippen molar-refractivity contribution in [2.24, 2.45) is 7.05 Å². The molecule has 1 aromatic carbocycles. The molecule has 0 fully saturated rings. The van der Waals surface area contributed by atoms with E-state index in [0.29, 0.717) is 17.7 Å². The SMILES string of the molecule is C[n+]1ccn(CC(=O)c2ccc(C#N)cc2)c1. The maximum atomic E-state index is 11.9. The van der Waals surface area contributed by atoms with Gasteiger partial charge >= 0.3 is 0 Å². The molecule has 0 N–H and O–H groups in total. The fourth-order valence-electron chi connectivity index (χ4n) is 1.58. The van der Waals surface area contributed by atoms with E-state index >= 15 is 0 Å². The number of aromatic nitrogens is 2. The summed E-state index contributed by atoms with van der Waals surface area (Å²) in [5.74, 6) is 0.0330. The number of aryl methyl sites for hydroxylation is 1. The van der Waals surface area contributed by atoms with Gasteiger partial charge in [0, 0.05) is 5.56 Å². The first-order chi connectivity index (χ1) is 8.19. The summed E-state index contributed by atoms with van der Waals surface area (Å²) in [4.78, 5) is 11.9. The Morgan fingerprint density at radius 1 is 1.41 bits per heavy atom. The molecule has 0 unspecified atom stereocenters. The number of carbonyl (C=O) groups is 1. The number of Topliss-reactive ketones (excluding diaryl/α,β-unsaturated/α-hetero) is 1. The molecular weight excluding hydrogens is 214 g/mol. The van der Waals surface area contributed by atoms with Gasteiger partial charge in [0.25, 0.3) is 0 Å². The number of hydrogen-bond acceptors (Lipinski definition) is 2. The molecule has 0 atom stereocenters. The highest BCUT2D eigenvalue weighted by atomic mass is 16.1. The lowest BCUT2D eigenvalue weighted by atomic mass is 10.1. The molecule has 0 amide bonds. The molecule has 0 aliphatic heterocycles. The number of hydrogen-bond donors (Lipinski definition) is 0. The van der Waals surface area contributed by atoms with Crippen LogP contribution >= 0.6 is 0 Å². The van der Waals surface area contributed by atoms with E-state index in [1.807, 2.05) is 41.0 Å². The molecule has 17 heavy (non-hydrogen) atoms. The Morgan fingerprint density at radius 2 is 2.12 bits per heavy atom. The third-order valence-electron chi connectivity index (χ3n) is 2.49. The van der Waals surface area contributed by atoms with E-state index in [1.165, 1.54) is 0 Å². The van der Waals surface area contributed by atoms with Gasteiger partial charge in [-0.1, -0.05) is 0 Å². The first-order valence-electron chi connectivity index (χ1n) is 5.23. The quantitative estimate of drug-likeness (QED) is 0.580. The number of rotatable bonds is 3. The number of benzene rings is 1. The van der Waals surface area contributed by atoms with Crippen molar-refractivity contribution in [3.05, 3.63) is 54.1 Å². The molecule has 0 aliphatic carbocycles. The van der Waals surface area contributed by atoms with Crippen LogP contribution in [0.2, 0.25) is 0 Å². The van der Waals surface area contributed by atoms with Gasteiger partial charge in [-0.2, -0.15) is 5.26 Å². The van der Waals surface area contributed by atoms with Crippen molar-refractivity contribution in [2.45, 2.75) is 6.54 Å². The first kappa shape index (κ1) is 11.1. The number of imidazole rings is 1. The van der Waals surface area contributed by atoms with Crippen LogP contribution in [-0.2, 0) is 13.6 Å². The van der Waals surface area contributed by atoms with Gasteiger partial charge in [-0.05, 0) is 24.3 Å². The second-order valence-corrected chi connectivity index (χ2v) is 3.86. The highest BCUT2D eigenvalue weighted by Crippen LogP contribution is 2.05. The van der Waals surface area contributed by atoms with E-state index in [-0.39, 0.29) is 5.78 Å². The lowest BCUT2D eigenvalue weighted by molar-refractivity contribution is -0.671. The van der Waals surface area contributed by atoms with Gasteiger partial charge in [0.15, 0.2) is 6.54 Å². The summed E-state index contributed by atoms with van der Waals surface area (Å²) >= 11 is 0. The second kappa shape index (κ2) is 4.62. The fourth-order valence-corrected chi connectivity index (χ4v) is 1.58. The molecule has 0 saturated carbocycles. The molecule has 0 aliphatic rings. The number of carbonyl (C=O) groups excluding carboxylic acids is 1. The fraction of sp³-hybridized carbons (Fsp3) is 0.154. The summed E-state index contributed by atoms with van der Waals surface area (Å²) in [6, 6.07) is 8.71. The van der Waals surface area contributed by atoms with Crippen LogP contribution in [0.4, 0.5) is 0 Å². The highest BCUT2D eigenvalue weighted by Gasteiger charge is 2.10. The number of nitriles is 1. The third-order valence-corrected chi connectivity index (χ3v) is 2.49. The van der Waals surface area contributed by atoms with Crippen LogP contribution in [0.1, 0.15) is 15.9 Å². The monoisotopic (exact) mass is 226 g/mol. The van der Waals surface area contributed by atoms with Crippen molar-refractivity contribution in [1.29, 1.82) is 5.26 Å². The first-order valence-corrected chi connectivity index (χ1v) is 5.23.